The summed E-state index contributed by atoms with van der Waals surface area (Å²) in [5.41, 5.74) is 0. The molecule has 1 unspecified atom stereocenters. The van der Waals surface area contributed by atoms with Gasteiger partial charge in [0, 0.05) is 5.25 Å². The molecule has 0 heterocycles. The van der Waals surface area contributed by atoms with E-state index in [1.165, 1.54) is 32.1 Å². The quantitative estimate of drug-likeness (QED) is 0.802. The minimum atomic E-state index is -0.597. The van der Waals surface area contributed by atoms with Crippen LogP contribution in [0.3, 0.4) is 0 Å². The molecule has 2 aliphatic carbocycles. The smallest absolute Gasteiger partial charge is 0.319 e. The molecule has 2 aliphatic rings. The highest BCUT2D eigenvalue weighted by Crippen LogP contribution is 2.50. The van der Waals surface area contributed by atoms with E-state index in [4.69, 9.17) is 0 Å². The largest absolute Gasteiger partial charge is 0.480 e. The Hall–Kier alpha value is -0.180. The van der Waals surface area contributed by atoms with Crippen molar-refractivity contribution in [3.05, 3.63) is 0 Å². The van der Waals surface area contributed by atoms with E-state index in [9.17, 15) is 9.90 Å². The van der Waals surface area contributed by atoms with E-state index in [0.29, 0.717) is 11.2 Å². The summed E-state index contributed by atoms with van der Waals surface area (Å²) in [6.07, 6.45) is 8.59. The molecule has 0 radical (unpaired) electrons. The van der Waals surface area contributed by atoms with Gasteiger partial charge in [0.15, 0.2) is 0 Å². The Morgan fingerprint density at radius 1 is 1.20 bits per heavy atom. The lowest BCUT2D eigenvalue weighted by Crippen LogP contribution is -2.36. The van der Waals surface area contributed by atoms with Crippen molar-refractivity contribution < 1.29 is 9.90 Å². The molecule has 2 fully saturated rings. The average Bonchev–Trinajstić information content (AvgIpc) is 3.02. The maximum absolute atomic E-state index is 11.4. The molecule has 0 spiro atoms. The van der Waals surface area contributed by atoms with Crippen LogP contribution in [-0.4, -0.2) is 21.1 Å². The summed E-state index contributed by atoms with van der Waals surface area (Å²) in [6.45, 7) is 1.94. The van der Waals surface area contributed by atoms with Crippen LogP contribution in [-0.2, 0) is 4.79 Å². The Kier molecular flexibility index (Phi) is 3.29. The molecule has 0 aromatic rings. The highest BCUT2D eigenvalue weighted by molar-refractivity contribution is 8.02. The molecule has 2 nitrogen and oxygen atoms in total. The van der Waals surface area contributed by atoms with Crippen LogP contribution in [0.2, 0.25) is 0 Å². The van der Waals surface area contributed by atoms with E-state index in [0.717, 1.165) is 12.8 Å². The molecule has 86 valence electrons. The summed E-state index contributed by atoms with van der Waals surface area (Å²) < 4.78 is -0.498. The first-order valence-corrected chi connectivity index (χ1v) is 6.92. The number of rotatable bonds is 4. The first kappa shape index (κ1) is 11.3. The molecule has 1 atom stereocenters. The number of aliphatic carboxylic acids is 1. The van der Waals surface area contributed by atoms with Crippen molar-refractivity contribution in [2.45, 2.75) is 61.9 Å². The highest BCUT2D eigenvalue weighted by Gasteiger charge is 2.49. The predicted molar refractivity (Wildman–Crippen MR) is 63.2 cm³/mol. The third-order valence-corrected chi connectivity index (χ3v) is 5.55. The molecular formula is C12H20O2S. The van der Waals surface area contributed by atoms with Crippen LogP contribution >= 0.6 is 11.8 Å². The van der Waals surface area contributed by atoms with Gasteiger partial charge in [-0.2, -0.15) is 0 Å². The molecule has 2 rings (SSSR count). The molecule has 0 aromatic carbocycles. The van der Waals surface area contributed by atoms with Crippen LogP contribution in [0, 0.1) is 5.92 Å². The minimum absolute atomic E-state index is 0.432. The second kappa shape index (κ2) is 4.36. The van der Waals surface area contributed by atoms with Crippen LogP contribution < -0.4 is 0 Å². The van der Waals surface area contributed by atoms with Gasteiger partial charge in [0.1, 0.15) is 4.75 Å². The molecular weight excluding hydrogens is 208 g/mol. The van der Waals surface area contributed by atoms with E-state index in [1.54, 1.807) is 11.8 Å². The van der Waals surface area contributed by atoms with Gasteiger partial charge in [-0.3, -0.25) is 4.79 Å². The van der Waals surface area contributed by atoms with E-state index in [1.807, 2.05) is 6.92 Å². The standard InChI is InChI=1S/C12H20O2S/c1-12(11(13)14,9-7-8-9)15-10-5-3-2-4-6-10/h9-10H,2-8H2,1H3,(H,13,14). The summed E-state index contributed by atoms with van der Waals surface area (Å²) in [6, 6.07) is 0. The summed E-state index contributed by atoms with van der Waals surface area (Å²) in [7, 11) is 0. The first-order chi connectivity index (χ1) is 7.13. The Morgan fingerprint density at radius 3 is 2.27 bits per heavy atom. The third-order valence-electron chi connectivity index (χ3n) is 3.74. The van der Waals surface area contributed by atoms with E-state index >= 15 is 0 Å². The van der Waals surface area contributed by atoms with Gasteiger partial charge in [0.2, 0.25) is 0 Å². The van der Waals surface area contributed by atoms with Gasteiger partial charge in [-0.05, 0) is 38.5 Å². The van der Waals surface area contributed by atoms with Crippen molar-refractivity contribution in [1.29, 1.82) is 0 Å². The molecule has 15 heavy (non-hydrogen) atoms. The lowest BCUT2D eigenvalue weighted by atomic mass is 10.0. The van der Waals surface area contributed by atoms with Crippen LogP contribution in [0.25, 0.3) is 0 Å². The zero-order chi connectivity index (χ0) is 10.9. The SMILES string of the molecule is CC(SC1CCCCC1)(C(=O)O)C1CC1. The molecule has 0 aliphatic heterocycles. The highest BCUT2D eigenvalue weighted by atomic mass is 32.2. The fourth-order valence-corrected chi connectivity index (χ4v) is 4.28. The van der Waals surface area contributed by atoms with Gasteiger partial charge in [-0.1, -0.05) is 19.3 Å². The van der Waals surface area contributed by atoms with Crippen molar-refractivity contribution in [3.8, 4) is 0 Å². The topological polar surface area (TPSA) is 37.3 Å². The van der Waals surface area contributed by atoms with Crippen molar-refractivity contribution >= 4 is 17.7 Å². The van der Waals surface area contributed by atoms with E-state index in [-0.39, 0.29) is 0 Å². The fraction of sp³-hybridized carbons (Fsp3) is 0.917. The van der Waals surface area contributed by atoms with Gasteiger partial charge >= 0.3 is 5.97 Å². The third kappa shape index (κ3) is 2.49. The molecule has 3 heteroatoms. The molecule has 1 N–H and O–H groups in total. The number of hydrogen-bond donors (Lipinski definition) is 1. The first-order valence-electron chi connectivity index (χ1n) is 6.04. The zero-order valence-electron chi connectivity index (χ0n) is 9.37. The molecule has 0 amide bonds. The van der Waals surface area contributed by atoms with Gasteiger partial charge in [-0.25, -0.2) is 0 Å². The second-order valence-corrected chi connectivity index (χ2v) is 6.81. The van der Waals surface area contributed by atoms with Gasteiger partial charge in [0.25, 0.3) is 0 Å². The Bertz CT molecular complexity index is 244. The van der Waals surface area contributed by atoms with E-state index in [2.05, 4.69) is 0 Å². The minimum Gasteiger partial charge on any atom is -0.480 e. The summed E-state index contributed by atoms with van der Waals surface area (Å²) in [5, 5.41) is 9.95. The number of carboxylic acids is 1. The number of carboxylic acid groups (broad SMARTS) is 1. The van der Waals surface area contributed by atoms with Crippen LogP contribution in [0.15, 0.2) is 0 Å². The Morgan fingerprint density at radius 2 is 1.80 bits per heavy atom. The molecule has 2 saturated carbocycles. The van der Waals surface area contributed by atoms with E-state index < -0.39 is 10.7 Å². The molecule has 0 aromatic heterocycles. The fourth-order valence-electron chi connectivity index (χ4n) is 2.48. The van der Waals surface area contributed by atoms with Crippen LogP contribution in [0.4, 0.5) is 0 Å². The van der Waals surface area contributed by atoms with Gasteiger partial charge in [0.05, 0.1) is 0 Å². The number of thioether (sulfide) groups is 1. The van der Waals surface area contributed by atoms with Crippen LogP contribution in [0.1, 0.15) is 51.9 Å². The normalized spacial score (nSPS) is 27.3. The maximum atomic E-state index is 11.4. The summed E-state index contributed by atoms with van der Waals surface area (Å²) >= 11 is 1.75. The van der Waals surface area contributed by atoms with Crippen molar-refractivity contribution in [2.24, 2.45) is 5.92 Å². The number of carbonyl (C=O) groups is 1. The monoisotopic (exact) mass is 228 g/mol. The Labute approximate surface area is 95.8 Å². The summed E-state index contributed by atoms with van der Waals surface area (Å²) in [5.74, 6) is -0.164. The Balaban J connectivity index is 1.96. The van der Waals surface area contributed by atoms with Gasteiger partial charge in [-0.15, -0.1) is 11.8 Å². The second-order valence-electron chi connectivity index (χ2n) is 5.06. The average molecular weight is 228 g/mol. The number of hydrogen-bond acceptors (Lipinski definition) is 2. The lowest BCUT2D eigenvalue weighted by Gasteiger charge is -2.31. The summed E-state index contributed by atoms with van der Waals surface area (Å²) in [4.78, 5) is 11.4. The van der Waals surface area contributed by atoms with Crippen molar-refractivity contribution in [2.75, 3.05) is 0 Å². The predicted octanol–water partition coefficient (Wildman–Crippen LogP) is 3.31. The molecule has 0 saturated heterocycles. The van der Waals surface area contributed by atoms with Crippen molar-refractivity contribution in [1.82, 2.24) is 0 Å². The van der Waals surface area contributed by atoms with Crippen LogP contribution in [0.5, 0.6) is 0 Å². The van der Waals surface area contributed by atoms with Gasteiger partial charge < -0.3 is 5.11 Å². The lowest BCUT2D eigenvalue weighted by molar-refractivity contribution is -0.140. The maximum Gasteiger partial charge on any atom is 0.319 e. The van der Waals surface area contributed by atoms with Crippen molar-refractivity contribution in [3.63, 3.8) is 0 Å². The zero-order valence-corrected chi connectivity index (χ0v) is 10.2. The molecule has 0 bridgehead atoms.